The van der Waals surface area contributed by atoms with Gasteiger partial charge in [0.25, 0.3) is 0 Å². The molecule has 0 aliphatic carbocycles. The Balaban J connectivity index is 1.78. The van der Waals surface area contributed by atoms with E-state index in [2.05, 4.69) is 20.3 Å². The van der Waals surface area contributed by atoms with Crippen LogP contribution in [0.3, 0.4) is 0 Å². The molecule has 1 aliphatic heterocycles. The summed E-state index contributed by atoms with van der Waals surface area (Å²) in [6, 6.07) is 14.5. The van der Waals surface area contributed by atoms with Crippen LogP contribution in [-0.2, 0) is 6.42 Å². The molecule has 5 nitrogen and oxygen atoms in total. The molecular weight excluding hydrogens is 293 g/mol. The normalized spacial score (nSPS) is 13.0. The van der Waals surface area contributed by atoms with E-state index >= 15 is 0 Å². The smallest absolute Gasteiger partial charge is 0.190 e. The number of halogens is 1. The molecule has 0 amide bonds. The molecule has 0 saturated heterocycles. The van der Waals surface area contributed by atoms with Crippen LogP contribution in [0.4, 0.5) is 15.8 Å². The minimum atomic E-state index is -0.247. The van der Waals surface area contributed by atoms with Gasteiger partial charge in [-0.1, -0.05) is 12.1 Å². The van der Waals surface area contributed by atoms with Gasteiger partial charge in [-0.25, -0.2) is 4.39 Å². The molecule has 0 fully saturated rings. The van der Waals surface area contributed by atoms with E-state index in [1.165, 1.54) is 17.7 Å². The Morgan fingerprint density at radius 3 is 2.74 bits per heavy atom. The van der Waals surface area contributed by atoms with E-state index in [9.17, 15) is 4.39 Å². The van der Waals surface area contributed by atoms with Gasteiger partial charge in [0, 0.05) is 23.5 Å². The number of nitriles is 1. The van der Waals surface area contributed by atoms with Crippen molar-refractivity contribution in [2.45, 2.75) is 6.42 Å². The molecule has 2 heterocycles. The predicted molar refractivity (Wildman–Crippen MR) is 83.6 cm³/mol. The second-order valence-corrected chi connectivity index (χ2v) is 5.35. The zero-order chi connectivity index (χ0) is 15.8. The third-order valence-corrected chi connectivity index (χ3v) is 4.05. The van der Waals surface area contributed by atoms with Crippen molar-refractivity contribution in [3.63, 3.8) is 0 Å². The monoisotopic (exact) mass is 305 g/mol. The summed E-state index contributed by atoms with van der Waals surface area (Å²) in [6.45, 7) is 0.842. The lowest BCUT2D eigenvalue weighted by atomic mass is 10.1. The molecule has 0 radical (unpaired) electrons. The van der Waals surface area contributed by atoms with E-state index in [0.717, 1.165) is 29.9 Å². The van der Waals surface area contributed by atoms with E-state index in [4.69, 9.17) is 5.26 Å². The summed E-state index contributed by atoms with van der Waals surface area (Å²) in [5.74, 6) is -0.247. The second kappa shape index (κ2) is 5.21. The number of fused-ring (bicyclic) bond motifs is 1. The molecule has 0 unspecified atom stereocenters. The van der Waals surface area contributed by atoms with Crippen LogP contribution in [0.1, 0.15) is 11.3 Å². The molecule has 6 heteroatoms. The quantitative estimate of drug-likeness (QED) is 0.789. The Labute approximate surface area is 132 Å². The highest BCUT2D eigenvalue weighted by molar-refractivity contribution is 5.76. The molecule has 0 bridgehead atoms. The zero-order valence-electron chi connectivity index (χ0n) is 12.1. The van der Waals surface area contributed by atoms with Crippen molar-refractivity contribution in [2.75, 3.05) is 11.4 Å². The summed E-state index contributed by atoms with van der Waals surface area (Å²) >= 11 is 0. The van der Waals surface area contributed by atoms with Gasteiger partial charge >= 0.3 is 0 Å². The molecule has 112 valence electrons. The first kappa shape index (κ1) is 13.5. The van der Waals surface area contributed by atoms with Gasteiger partial charge in [-0.3, -0.25) is 0 Å². The number of H-pyrrole nitrogens is 1. The SMILES string of the molecule is N#Cc1n[nH]nc1-c1ccc2c(c1)N(c1ccc(F)cc1)CC2. The van der Waals surface area contributed by atoms with Crippen LogP contribution in [-0.4, -0.2) is 22.0 Å². The minimum absolute atomic E-state index is 0.247. The van der Waals surface area contributed by atoms with Crippen molar-refractivity contribution in [1.29, 1.82) is 5.26 Å². The first-order valence-corrected chi connectivity index (χ1v) is 7.23. The van der Waals surface area contributed by atoms with Crippen LogP contribution in [0.5, 0.6) is 0 Å². The van der Waals surface area contributed by atoms with Gasteiger partial charge in [0.1, 0.15) is 17.6 Å². The van der Waals surface area contributed by atoms with Crippen LogP contribution < -0.4 is 4.90 Å². The number of hydrogen-bond acceptors (Lipinski definition) is 4. The van der Waals surface area contributed by atoms with Crippen molar-refractivity contribution >= 4 is 11.4 Å². The number of rotatable bonds is 2. The molecule has 23 heavy (non-hydrogen) atoms. The predicted octanol–water partition coefficient (Wildman–Crippen LogP) is 3.18. The Bertz CT molecular complexity index is 907. The summed E-state index contributed by atoms with van der Waals surface area (Å²) in [5, 5.41) is 19.5. The Hall–Kier alpha value is -3.20. The molecule has 2 aromatic carbocycles. The lowest BCUT2D eigenvalue weighted by Crippen LogP contribution is -2.13. The number of nitrogens with zero attached hydrogens (tertiary/aromatic N) is 4. The highest BCUT2D eigenvalue weighted by Crippen LogP contribution is 2.37. The molecule has 3 aromatic rings. The highest BCUT2D eigenvalue weighted by atomic mass is 19.1. The maximum absolute atomic E-state index is 13.1. The van der Waals surface area contributed by atoms with Gasteiger partial charge in [-0.15, -0.1) is 5.10 Å². The molecular formula is C17H12FN5. The Kier molecular flexibility index (Phi) is 3.05. The lowest BCUT2D eigenvalue weighted by molar-refractivity contribution is 0.628. The summed E-state index contributed by atoms with van der Waals surface area (Å²) in [6.07, 6.45) is 0.927. The standard InChI is InChI=1S/C17H12FN5/c18-13-3-5-14(6-4-13)23-8-7-11-1-2-12(9-16(11)23)17-15(10-19)20-22-21-17/h1-6,9H,7-8H2,(H,20,21,22). The second-order valence-electron chi connectivity index (χ2n) is 5.35. The van der Waals surface area contributed by atoms with Crippen LogP contribution in [0.2, 0.25) is 0 Å². The fourth-order valence-corrected chi connectivity index (χ4v) is 2.93. The molecule has 1 aliphatic rings. The largest absolute Gasteiger partial charge is 0.341 e. The van der Waals surface area contributed by atoms with Gasteiger partial charge in [0.2, 0.25) is 0 Å². The maximum atomic E-state index is 13.1. The van der Waals surface area contributed by atoms with E-state index in [1.54, 1.807) is 12.1 Å². The van der Waals surface area contributed by atoms with E-state index in [0.29, 0.717) is 5.69 Å². The number of benzene rings is 2. The van der Waals surface area contributed by atoms with Crippen LogP contribution in [0.25, 0.3) is 11.3 Å². The molecule has 0 spiro atoms. The average Bonchev–Trinajstić information content (AvgIpc) is 3.21. The topological polar surface area (TPSA) is 68.6 Å². The third-order valence-electron chi connectivity index (χ3n) is 4.05. The summed E-state index contributed by atoms with van der Waals surface area (Å²) < 4.78 is 13.1. The fraction of sp³-hybridized carbons (Fsp3) is 0.118. The van der Waals surface area contributed by atoms with Gasteiger partial charge < -0.3 is 4.90 Å². The first-order valence-electron chi connectivity index (χ1n) is 7.23. The van der Waals surface area contributed by atoms with Crippen molar-refractivity contribution < 1.29 is 4.39 Å². The summed E-state index contributed by atoms with van der Waals surface area (Å²) in [4.78, 5) is 2.14. The maximum Gasteiger partial charge on any atom is 0.190 e. The van der Waals surface area contributed by atoms with Crippen molar-refractivity contribution in [1.82, 2.24) is 15.4 Å². The van der Waals surface area contributed by atoms with E-state index < -0.39 is 0 Å². The fourth-order valence-electron chi connectivity index (χ4n) is 2.93. The van der Waals surface area contributed by atoms with Crippen LogP contribution in [0, 0.1) is 17.1 Å². The number of anilines is 2. The highest BCUT2D eigenvalue weighted by Gasteiger charge is 2.22. The Morgan fingerprint density at radius 2 is 1.96 bits per heavy atom. The van der Waals surface area contributed by atoms with Crippen molar-refractivity contribution in [3.05, 3.63) is 59.5 Å². The molecule has 4 rings (SSSR count). The third kappa shape index (κ3) is 2.23. The van der Waals surface area contributed by atoms with Gasteiger partial charge in [-0.05, 0) is 42.3 Å². The molecule has 0 atom stereocenters. The summed E-state index contributed by atoms with van der Waals surface area (Å²) in [7, 11) is 0. The number of hydrogen-bond donors (Lipinski definition) is 1. The summed E-state index contributed by atoms with van der Waals surface area (Å²) in [5.41, 5.74) is 4.88. The van der Waals surface area contributed by atoms with Crippen LogP contribution >= 0.6 is 0 Å². The van der Waals surface area contributed by atoms with Crippen LogP contribution in [0.15, 0.2) is 42.5 Å². The lowest BCUT2D eigenvalue weighted by Gasteiger charge is -2.20. The first-order chi connectivity index (χ1) is 11.3. The Morgan fingerprint density at radius 1 is 1.13 bits per heavy atom. The average molecular weight is 305 g/mol. The van der Waals surface area contributed by atoms with Gasteiger partial charge in [-0.2, -0.15) is 15.6 Å². The number of aromatic nitrogens is 3. The zero-order valence-corrected chi connectivity index (χ0v) is 12.1. The number of aromatic amines is 1. The number of nitrogens with one attached hydrogen (secondary N) is 1. The molecule has 1 N–H and O–H groups in total. The van der Waals surface area contributed by atoms with E-state index in [1.807, 2.05) is 24.3 Å². The molecule has 1 aromatic heterocycles. The van der Waals surface area contributed by atoms with Gasteiger partial charge in [0.05, 0.1) is 0 Å². The molecule has 0 saturated carbocycles. The van der Waals surface area contributed by atoms with Crippen molar-refractivity contribution in [3.8, 4) is 17.3 Å². The van der Waals surface area contributed by atoms with Crippen molar-refractivity contribution in [2.24, 2.45) is 0 Å². The minimum Gasteiger partial charge on any atom is -0.341 e. The van der Waals surface area contributed by atoms with E-state index in [-0.39, 0.29) is 11.5 Å². The van der Waals surface area contributed by atoms with Gasteiger partial charge in [0.15, 0.2) is 5.69 Å².